The van der Waals surface area contributed by atoms with Gasteiger partial charge < -0.3 is 24.2 Å². The molecule has 0 bridgehead atoms. The lowest BCUT2D eigenvalue weighted by Gasteiger charge is -2.26. The van der Waals surface area contributed by atoms with Crippen LogP contribution in [0.15, 0.2) is 72.6 Å². The van der Waals surface area contributed by atoms with Gasteiger partial charge in [0, 0.05) is 24.5 Å². The van der Waals surface area contributed by atoms with E-state index in [0.29, 0.717) is 28.4 Å². The number of methoxy groups -OCH3 is 3. The van der Waals surface area contributed by atoms with E-state index in [9.17, 15) is 14.7 Å². The van der Waals surface area contributed by atoms with Gasteiger partial charge in [0.1, 0.15) is 11.5 Å². The van der Waals surface area contributed by atoms with Gasteiger partial charge in [-0.05, 0) is 59.7 Å². The molecule has 1 unspecified atom stereocenters. The van der Waals surface area contributed by atoms with Gasteiger partial charge in [-0.1, -0.05) is 6.07 Å². The molecule has 1 N–H and O–H groups in total. The third-order valence-electron chi connectivity index (χ3n) is 5.73. The Morgan fingerprint density at radius 3 is 2.21 bits per heavy atom. The number of carbonyl (C=O) groups excluding carboxylic acids is 2. The highest BCUT2D eigenvalue weighted by molar-refractivity contribution is 6.46. The topological polar surface area (TPSA) is 98.2 Å². The van der Waals surface area contributed by atoms with Crippen molar-refractivity contribution >= 4 is 17.4 Å². The summed E-state index contributed by atoms with van der Waals surface area (Å²) in [5.74, 6) is -0.176. The number of benzene rings is 2. The second-order valence-electron chi connectivity index (χ2n) is 7.63. The smallest absolute Gasteiger partial charge is 0.295 e. The van der Waals surface area contributed by atoms with E-state index in [1.165, 1.54) is 26.2 Å². The van der Waals surface area contributed by atoms with Crippen molar-refractivity contribution in [2.45, 2.75) is 12.6 Å². The maximum Gasteiger partial charge on any atom is 0.295 e. The SMILES string of the molecule is COc1ccc(C(O)=C2C(=O)C(=O)N(Cc3ccncc3)C2c2ccc(OC)c(OC)c2)cc1. The van der Waals surface area contributed by atoms with E-state index >= 15 is 0 Å². The fourth-order valence-electron chi connectivity index (χ4n) is 4.00. The van der Waals surface area contributed by atoms with Gasteiger partial charge >= 0.3 is 0 Å². The first kappa shape index (κ1) is 22.8. The molecular weight excluding hydrogens is 436 g/mol. The van der Waals surface area contributed by atoms with Crippen LogP contribution >= 0.6 is 0 Å². The van der Waals surface area contributed by atoms with Crippen molar-refractivity contribution in [3.8, 4) is 17.2 Å². The summed E-state index contributed by atoms with van der Waals surface area (Å²) in [7, 11) is 4.57. The van der Waals surface area contributed by atoms with Crippen molar-refractivity contribution in [2.24, 2.45) is 0 Å². The number of nitrogens with zero attached hydrogens (tertiary/aromatic N) is 2. The van der Waals surface area contributed by atoms with Crippen molar-refractivity contribution in [1.82, 2.24) is 9.88 Å². The van der Waals surface area contributed by atoms with Gasteiger partial charge in [-0.15, -0.1) is 0 Å². The van der Waals surface area contributed by atoms with Crippen LogP contribution in [0.4, 0.5) is 0 Å². The lowest BCUT2D eigenvalue weighted by Crippen LogP contribution is -2.29. The number of likely N-dealkylation sites (tertiary alicyclic amines) is 1. The Labute approximate surface area is 197 Å². The van der Waals surface area contributed by atoms with Crippen LogP contribution in [0.3, 0.4) is 0 Å². The molecule has 0 radical (unpaired) electrons. The number of rotatable bonds is 7. The van der Waals surface area contributed by atoms with Crippen LogP contribution < -0.4 is 14.2 Å². The van der Waals surface area contributed by atoms with E-state index in [4.69, 9.17) is 14.2 Å². The van der Waals surface area contributed by atoms with Gasteiger partial charge in [0.05, 0.1) is 32.9 Å². The second kappa shape index (κ2) is 9.66. The summed E-state index contributed by atoms with van der Waals surface area (Å²) in [5, 5.41) is 11.2. The Kier molecular flexibility index (Phi) is 6.49. The Bertz CT molecular complexity index is 1240. The van der Waals surface area contributed by atoms with E-state index in [1.54, 1.807) is 67.0 Å². The molecule has 8 nitrogen and oxygen atoms in total. The zero-order valence-electron chi connectivity index (χ0n) is 19.0. The molecule has 3 aromatic rings. The number of hydrogen-bond donors (Lipinski definition) is 1. The molecule has 1 aliphatic rings. The Morgan fingerprint density at radius 2 is 1.59 bits per heavy atom. The number of ketones is 1. The molecule has 1 saturated heterocycles. The first-order valence-electron chi connectivity index (χ1n) is 10.5. The number of aliphatic hydroxyl groups is 1. The molecule has 1 atom stereocenters. The number of carbonyl (C=O) groups is 2. The Morgan fingerprint density at radius 1 is 0.912 bits per heavy atom. The molecule has 34 heavy (non-hydrogen) atoms. The van der Waals surface area contributed by atoms with Gasteiger partial charge in [-0.3, -0.25) is 14.6 Å². The molecule has 1 amide bonds. The van der Waals surface area contributed by atoms with E-state index in [2.05, 4.69) is 4.98 Å². The fraction of sp³-hybridized carbons (Fsp3) is 0.192. The van der Waals surface area contributed by atoms with Gasteiger partial charge in [0.15, 0.2) is 11.5 Å². The predicted octanol–water partition coefficient (Wildman–Crippen LogP) is 3.73. The number of pyridine rings is 1. The van der Waals surface area contributed by atoms with E-state index in [0.717, 1.165) is 5.56 Å². The van der Waals surface area contributed by atoms with Crippen LogP contribution in [0.1, 0.15) is 22.7 Å². The second-order valence-corrected chi connectivity index (χ2v) is 7.63. The fourth-order valence-corrected chi connectivity index (χ4v) is 4.00. The molecule has 0 saturated carbocycles. The third-order valence-corrected chi connectivity index (χ3v) is 5.73. The van der Waals surface area contributed by atoms with Gasteiger partial charge in [0.2, 0.25) is 0 Å². The number of aliphatic hydroxyl groups excluding tert-OH is 1. The monoisotopic (exact) mass is 460 g/mol. The minimum atomic E-state index is -0.838. The molecule has 2 heterocycles. The highest BCUT2D eigenvalue weighted by Gasteiger charge is 2.46. The maximum atomic E-state index is 13.2. The number of aromatic nitrogens is 1. The minimum absolute atomic E-state index is 0.00329. The largest absolute Gasteiger partial charge is 0.507 e. The molecule has 4 rings (SSSR count). The van der Waals surface area contributed by atoms with E-state index in [-0.39, 0.29) is 17.9 Å². The summed E-state index contributed by atoms with van der Waals surface area (Å²) in [5.41, 5.74) is 1.79. The molecule has 8 heteroatoms. The zero-order chi connectivity index (χ0) is 24.2. The van der Waals surface area contributed by atoms with Gasteiger partial charge in [-0.25, -0.2) is 0 Å². The van der Waals surface area contributed by atoms with Crippen molar-refractivity contribution in [3.05, 3.63) is 89.3 Å². The van der Waals surface area contributed by atoms with Crippen molar-refractivity contribution in [1.29, 1.82) is 0 Å². The summed E-state index contributed by atoms with van der Waals surface area (Å²) >= 11 is 0. The summed E-state index contributed by atoms with van der Waals surface area (Å²) in [6, 6.07) is 14.5. The first-order chi connectivity index (χ1) is 16.5. The number of Topliss-reactive ketones (excluding diaryl/α,β-unsaturated/α-hetero) is 1. The molecule has 0 aliphatic carbocycles. The summed E-state index contributed by atoms with van der Waals surface area (Å²) in [6.07, 6.45) is 3.24. The average molecular weight is 460 g/mol. The van der Waals surface area contributed by atoms with Crippen LogP contribution in [-0.4, -0.2) is 48.0 Å². The van der Waals surface area contributed by atoms with Crippen LogP contribution in [-0.2, 0) is 16.1 Å². The van der Waals surface area contributed by atoms with E-state index < -0.39 is 17.7 Å². The third kappa shape index (κ3) is 4.17. The molecule has 174 valence electrons. The quantitative estimate of drug-likeness (QED) is 0.326. The van der Waals surface area contributed by atoms with E-state index in [1.807, 2.05) is 0 Å². The standard InChI is InChI=1S/C26H24N2O6/c1-32-19-7-4-17(5-8-19)24(29)22-23(18-6-9-20(33-2)21(14-18)34-3)28(26(31)25(22)30)15-16-10-12-27-13-11-16/h4-14,23,29H,15H2,1-3H3. The zero-order valence-corrected chi connectivity index (χ0v) is 19.0. The highest BCUT2D eigenvalue weighted by atomic mass is 16.5. The maximum absolute atomic E-state index is 13.2. The lowest BCUT2D eigenvalue weighted by atomic mass is 9.94. The molecular formula is C26H24N2O6. The average Bonchev–Trinajstić information content (AvgIpc) is 3.13. The van der Waals surface area contributed by atoms with Gasteiger partial charge in [-0.2, -0.15) is 0 Å². The van der Waals surface area contributed by atoms with Crippen LogP contribution in [0, 0.1) is 0 Å². The summed E-state index contributed by atoms with van der Waals surface area (Å²) in [6.45, 7) is 0.158. The van der Waals surface area contributed by atoms with Crippen LogP contribution in [0.25, 0.3) is 5.76 Å². The minimum Gasteiger partial charge on any atom is -0.507 e. The normalized spacial score (nSPS) is 17.0. The molecule has 1 aromatic heterocycles. The first-order valence-corrected chi connectivity index (χ1v) is 10.5. The highest BCUT2D eigenvalue weighted by Crippen LogP contribution is 2.42. The van der Waals surface area contributed by atoms with Crippen LogP contribution in [0.2, 0.25) is 0 Å². The molecule has 2 aromatic carbocycles. The predicted molar refractivity (Wildman–Crippen MR) is 125 cm³/mol. The Balaban J connectivity index is 1.87. The summed E-state index contributed by atoms with van der Waals surface area (Å²) in [4.78, 5) is 31.8. The summed E-state index contributed by atoms with van der Waals surface area (Å²) < 4.78 is 15.9. The number of hydrogen-bond acceptors (Lipinski definition) is 7. The molecule has 1 fully saturated rings. The van der Waals surface area contributed by atoms with Gasteiger partial charge in [0.25, 0.3) is 11.7 Å². The number of ether oxygens (including phenoxy) is 3. The molecule has 0 spiro atoms. The van der Waals surface area contributed by atoms with Crippen molar-refractivity contribution in [3.63, 3.8) is 0 Å². The Hall–Kier alpha value is -4.33. The van der Waals surface area contributed by atoms with Crippen molar-refractivity contribution < 1.29 is 28.9 Å². The lowest BCUT2D eigenvalue weighted by molar-refractivity contribution is -0.140. The number of amides is 1. The van der Waals surface area contributed by atoms with Crippen LogP contribution in [0.5, 0.6) is 17.2 Å². The van der Waals surface area contributed by atoms with Crippen molar-refractivity contribution in [2.75, 3.05) is 21.3 Å². The molecule has 1 aliphatic heterocycles.